The van der Waals surface area contributed by atoms with Gasteiger partial charge in [0, 0.05) is 17.6 Å². The van der Waals surface area contributed by atoms with Crippen molar-refractivity contribution in [1.82, 2.24) is 4.98 Å². The minimum Gasteiger partial charge on any atom is -0.486 e. The quantitative estimate of drug-likeness (QED) is 0.905. The Hall–Kier alpha value is -2.01. The number of rotatable bonds is 4. The van der Waals surface area contributed by atoms with Crippen molar-refractivity contribution in [3.05, 3.63) is 24.4 Å². The van der Waals surface area contributed by atoms with Gasteiger partial charge in [0.15, 0.2) is 11.5 Å². The summed E-state index contributed by atoms with van der Waals surface area (Å²) in [6.45, 7) is 4.97. The summed E-state index contributed by atoms with van der Waals surface area (Å²) < 4.78 is 11.2. The van der Waals surface area contributed by atoms with Crippen molar-refractivity contribution in [2.45, 2.75) is 32.4 Å². The highest BCUT2D eigenvalue weighted by Crippen LogP contribution is 2.36. The van der Waals surface area contributed by atoms with Gasteiger partial charge in [0.2, 0.25) is 0 Å². The number of hydrogen-bond donors (Lipinski definition) is 2. The molecule has 5 heteroatoms. The molecular formula is C16H20N2O3. The summed E-state index contributed by atoms with van der Waals surface area (Å²) in [5, 5.41) is 14.9. The summed E-state index contributed by atoms with van der Waals surface area (Å²) in [6.07, 6.45) is 2.10. The summed E-state index contributed by atoms with van der Waals surface area (Å²) in [7, 11) is 0. The Morgan fingerprint density at radius 3 is 2.67 bits per heavy atom. The maximum atomic E-state index is 9.48. The Labute approximate surface area is 123 Å². The molecule has 0 saturated carbocycles. The largest absolute Gasteiger partial charge is 0.486 e. The summed E-state index contributed by atoms with van der Waals surface area (Å²) in [5.74, 6) is 2.34. The molecule has 1 aromatic heterocycles. The second-order valence-electron chi connectivity index (χ2n) is 5.51. The van der Waals surface area contributed by atoms with E-state index in [1.165, 1.54) is 0 Å². The van der Waals surface area contributed by atoms with E-state index in [0.717, 1.165) is 28.1 Å². The van der Waals surface area contributed by atoms with Crippen LogP contribution in [0.4, 0.5) is 5.82 Å². The number of hydrogen-bond acceptors (Lipinski definition) is 5. The van der Waals surface area contributed by atoms with E-state index < -0.39 is 0 Å². The van der Waals surface area contributed by atoms with E-state index in [0.29, 0.717) is 19.6 Å². The highest BCUT2D eigenvalue weighted by atomic mass is 16.6. The molecule has 3 rings (SSSR count). The van der Waals surface area contributed by atoms with Crippen molar-refractivity contribution in [2.75, 3.05) is 18.5 Å². The van der Waals surface area contributed by atoms with Crippen LogP contribution in [-0.4, -0.2) is 35.5 Å². The molecule has 0 aliphatic carbocycles. The average molecular weight is 288 g/mol. The average Bonchev–Trinajstić information content (AvgIpc) is 2.45. The van der Waals surface area contributed by atoms with E-state index in [-0.39, 0.29) is 12.1 Å². The molecule has 2 atom stereocenters. The molecule has 2 unspecified atom stereocenters. The molecule has 0 amide bonds. The Bertz CT molecular complexity index is 643. The lowest BCUT2D eigenvalue weighted by Crippen LogP contribution is -2.21. The monoisotopic (exact) mass is 288 g/mol. The molecule has 0 saturated heterocycles. The molecule has 2 N–H and O–H groups in total. The minimum atomic E-state index is -0.341. The zero-order valence-corrected chi connectivity index (χ0v) is 12.3. The second kappa shape index (κ2) is 5.77. The zero-order valence-electron chi connectivity index (χ0n) is 12.3. The van der Waals surface area contributed by atoms with Crippen LogP contribution in [0.2, 0.25) is 0 Å². The van der Waals surface area contributed by atoms with E-state index in [2.05, 4.69) is 10.3 Å². The highest BCUT2D eigenvalue weighted by molar-refractivity contribution is 5.94. The third kappa shape index (κ3) is 3.03. The fraction of sp³-hybridized carbons (Fsp3) is 0.438. The lowest BCUT2D eigenvalue weighted by Gasteiger charge is -2.21. The molecule has 0 radical (unpaired) electrons. The predicted octanol–water partition coefficient (Wildman–Crippen LogP) is 2.58. The highest BCUT2D eigenvalue weighted by Gasteiger charge is 2.15. The van der Waals surface area contributed by atoms with Crippen LogP contribution in [0.5, 0.6) is 11.5 Å². The van der Waals surface area contributed by atoms with Crippen LogP contribution in [0.15, 0.2) is 24.4 Å². The Morgan fingerprint density at radius 1 is 1.24 bits per heavy atom. The lowest BCUT2D eigenvalue weighted by atomic mass is 10.1. The summed E-state index contributed by atoms with van der Waals surface area (Å²) in [4.78, 5) is 4.41. The van der Waals surface area contributed by atoms with Gasteiger partial charge in [-0.1, -0.05) is 0 Å². The van der Waals surface area contributed by atoms with Crippen LogP contribution in [-0.2, 0) is 0 Å². The molecule has 1 aliphatic rings. The normalized spacial score (nSPS) is 16.5. The number of pyridine rings is 1. The van der Waals surface area contributed by atoms with Gasteiger partial charge in [0.25, 0.3) is 0 Å². The maximum Gasteiger partial charge on any atom is 0.162 e. The Kier molecular flexibility index (Phi) is 3.84. The molecule has 5 nitrogen and oxygen atoms in total. The van der Waals surface area contributed by atoms with Gasteiger partial charge in [-0.05, 0) is 43.9 Å². The third-order valence-corrected chi connectivity index (χ3v) is 3.50. The molecule has 21 heavy (non-hydrogen) atoms. The van der Waals surface area contributed by atoms with Crippen molar-refractivity contribution in [3.8, 4) is 11.5 Å². The van der Waals surface area contributed by atoms with Crippen LogP contribution < -0.4 is 14.8 Å². The standard InChI is InChI=1S/C16H20N2O3/c1-10(7-11(2)19)18-16-13-9-15-14(20-5-6-21-15)8-12(13)3-4-17-16/h3-4,8-11,19H,5-7H2,1-2H3,(H,17,18). The fourth-order valence-electron chi connectivity index (χ4n) is 2.63. The number of ether oxygens (including phenoxy) is 2. The zero-order chi connectivity index (χ0) is 14.8. The van der Waals surface area contributed by atoms with Gasteiger partial charge in [-0.25, -0.2) is 4.98 Å². The van der Waals surface area contributed by atoms with Gasteiger partial charge in [0.1, 0.15) is 19.0 Å². The molecule has 1 aliphatic heterocycles. The van der Waals surface area contributed by atoms with Crippen molar-refractivity contribution in [1.29, 1.82) is 0 Å². The first-order valence-corrected chi connectivity index (χ1v) is 7.26. The molecule has 112 valence electrons. The van der Waals surface area contributed by atoms with Gasteiger partial charge >= 0.3 is 0 Å². The number of nitrogens with zero attached hydrogens (tertiary/aromatic N) is 1. The molecule has 2 aromatic rings. The van der Waals surface area contributed by atoms with Crippen molar-refractivity contribution < 1.29 is 14.6 Å². The summed E-state index contributed by atoms with van der Waals surface area (Å²) >= 11 is 0. The van der Waals surface area contributed by atoms with Crippen LogP contribution in [0.1, 0.15) is 20.3 Å². The number of benzene rings is 1. The number of aromatic nitrogens is 1. The van der Waals surface area contributed by atoms with Crippen molar-refractivity contribution >= 4 is 16.6 Å². The van der Waals surface area contributed by atoms with Crippen molar-refractivity contribution in [2.24, 2.45) is 0 Å². The van der Waals surface area contributed by atoms with Crippen LogP contribution in [0, 0.1) is 0 Å². The third-order valence-electron chi connectivity index (χ3n) is 3.50. The van der Waals surface area contributed by atoms with E-state index >= 15 is 0 Å². The van der Waals surface area contributed by atoms with Gasteiger partial charge in [0.05, 0.1) is 6.10 Å². The smallest absolute Gasteiger partial charge is 0.162 e. The van der Waals surface area contributed by atoms with E-state index in [1.807, 2.05) is 25.1 Å². The summed E-state index contributed by atoms with van der Waals surface area (Å²) in [5.41, 5.74) is 0. The van der Waals surface area contributed by atoms with Gasteiger partial charge in [-0.3, -0.25) is 0 Å². The molecule has 0 spiro atoms. The topological polar surface area (TPSA) is 63.6 Å². The minimum absolute atomic E-state index is 0.135. The number of aliphatic hydroxyl groups excluding tert-OH is 1. The first-order valence-electron chi connectivity index (χ1n) is 7.26. The summed E-state index contributed by atoms with van der Waals surface area (Å²) in [6, 6.07) is 6.04. The Morgan fingerprint density at radius 2 is 1.95 bits per heavy atom. The molecule has 0 fully saturated rings. The van der Waals surface area contributed by atoms with Gasteiger partial charge in [-0.2, -0.15) is 0 Å². The van der Waals surface area contributed by atoms with Gasteiger partial charge in [-0.15, -0.1) is 0 Å². The number of aliphatic hydroxyl groups is 1. The molecule has 1 aromatic carbocycles. The fourth-order valence-corrected chi connectivity index (χ4v) is 2.63. The second-order valence-corrected chi connectivity index (χ2v) is 5.51. The predicted molar refractivity (Wildman–Crippen MR) is 82.1 cm³/mol. The SMILES string of the molecule is CC(O)CC(C)Nc1nccc2cc3c(cc12)OCCO3. The first-order chi connectivity index (χ1) is 10.1. The maximum absolute atomic E-state index is 9.48. The number of nitrogens with one attached hydrogen (secondary N) is 1. The van der Waals surface area contributed by atoms with Crippen LogP contribution >= 0.6 is 0 Å². The first kappa shape index (κ1) is 13.9. The van der Waals surface area contributed by atoms with E-state index in [9.17, 15) is 5.11 Å². The molecule has 2 heterocycles. The number of anilines is 1. The van der Waals surface area contributed by atoms with Gasteiger partial charge < -0.3 is 19.9 Å². The van der Waals surface area contributed by atoms with E-state index in [4.69, 9.17) is 9.47 Å². The van der Waals surface area contributed by atoms with Crippen LogP contribution in [0.3, 0.4) is 0 Å². The van der Waals surface area contributed by atoms with Crippen molar-refractivity contribution in [3.63, 3.8) is 0 Å². The molecule has 0 bridgehead atoms. The lowest BCUT2D eigenvalue weighted by molar-refractivity contribution is 0.172. The Balaban J connectivity index is 1.95. The molecular weight excluding hydrogens is 268 g/mol. The van der Waals surface area contributed by atoms with Crippen LogP contribution in [0.25, 0.3) is 10.8 Å². The number of fused-ring (bicyclic) bond motifs is 2. The van der Waals surface area contributed by atoms with E-state index in [1.54, 1.807) is 13.1 Å².